The molecule has 0 N–H and O–H groups in total. The molecule has 0 amide bonds. The van der Waals surface area contributed by atoms with Crippen LogP contribution in [0.4, 0.5) is 0 Å². The van der Waals surface area contributed by atoms with Crippen LogP contribution in [0.5, 0.6) is 0 Å². The molecular weight excluding hydrogens is 192 g/mol. The van der Waals surface area contributed by atoms with Gasteiger partial charge in [-0.15, -0.1) is 0 Å². The van der Waals surface area contributed by atoms with Gasteiger partial charge in [-0.3, -0.25) is 4.85 Å². The lowest BCUT2D eigenvalue weighted by atomic mass is 10.0. The number of thioether (sulfide) groups is 1. The van der Waals surface area contributed by atoms with Crippen molar-refractivity contribution in [2.75, 3.05) is 5.75 Å². The first kappa shape index (κ1) is 13.3. The van der Waals surface area contributed by atoms with Crippen LogP contribution >= 0.6 is 11.8 Å². The van der Waals surface area contributed by atoms with Crippen molar-refractivity contribution in [1.82, 2.24) is 0 Å². The minimum absolute atomic E-state index is 0.166. The Bertz CT molecular complexity index is 212. The lowest BCUT2D eigenvalue weighted by molar-refractivity contribution is 0.565. The molecule has 0 aromatic heterocycles. The molecule has 0 radical (unpaired) electrons. The molecule has 0 aliphatic heterocycles. The SMILES string of the molecule is [C-]#[N+]C(C#N)C(C)C(C)SCCCC. The van der Waals surface area contributed by atoms with Crippen LogP contribution in [-0.2, 0) is 0 Å². The normalized spacial score (nSPS) is 16.4. The van der Waals surface area contributed by atoms with Crippen molar-refractivity contribution < 1.29 is 0 Å². The smallest absolute Gasteiger partial charge is 0.297 e. The quantitative estimate of drug-likeness (QED) is 0.497. The van der Waals surface area contributed by atoms with Gasteiger partial charge in [-0.25, -0.2) is 6.57 Å². The maximum atomic E-state index is 8.74. The highest BCUT2D eigenvalue weighted by Gasteiger charge is 2.26. The Morgan fingerprint density at radius 1 is 1.50 bits per heavy atom. The molecule has 78 valence electrons. The van der Waals surface area contributed by atoms with E-state index in [1.54, 1.807) is 0 Å². The summed E-state index contributed by atoms with van der Waals surface area (Å²) in [6.45, 7) is 13.2. The van der Waals surface area contributed by atoms with Gasteiger partial charge in [0.25, 0.3) is 0 Å². The van der Waals surface area contributed by atoms with Crippen LogP contribution in [0.15, 0.2) is 0 Å². The van der Waals surface area contributed by atoms with E-state index in [4.69, 9.17) is 11.8 Å². The third kappa shape index (κ3) is 4.53. The Balaban J connectivity index is 3.93. The molecule has 14 heavy (non-hydrogen) atoms. The molecule has 2 nitrogen and oxygen atoms in total. The van der Waals surface area contributed by atoms with Crippen LogP contribution in [0, 0.1) is 23.8 Å². The highest BCUT2D eigenvalue weighted by atomic mass is 32.2. The number of nitrogens with zero attached hydrogens (tertiary/aromatic N) is 2. The Kier molecular flexibility index (Phi) is 7.34. The summed E-state index contributed by atoms with van der Waals surface area (Å²) in [4.78, 5) is 3.33. The molecule has 0 saturated heterocycles. The van der Waals surface area contributed by atoms with Gasteiger partial charge in [0.2, 0.25) is 0 Å². The van der Waals surface area contributed by atoms with Crippen molar-refractivity contribution in [2.45, 2.75) is 44.9 Å². The van der Waals surface area contributed by atoms with Crippen molar-refractivity contribution in [3.05, 3.63) is 11.4 Å². The maximum absolute atomic E-state index is 8.74. The van der Waals surface area contributed by atoms with E-state index in [9.17, 15) is 0 Å². The topological polar surface area (TPSA) is 28.1 Å². The Hall–Kier alpha value is -0.670. The Morgan fingerprint density at radius 3 is 2.57 bits per heavy atom. The average molecular weight is 210 g/mol. The number of unbranched alkanes of at least 4 members (excludes halogenated alkanes) is 1. The molecule has 0 aromatic carbocycles. The lowest BCUT2D eigenvalue weighted by Crippen LogP contribution is -2.21. The van der Waals surface area contributed by atoms with Crippen molar-refractivity contribution in [3.63, 3.8) is 0 Å². The van der Waals surface area contributed by atoms with Crippen LogP contribution in [0.3, 0.4) is 0 Å². The summed E-state index contributed by atoms with van der Waals surface area (Å²) in [5.41, 5.74) is 0. The molecule has 3 heteroatoms. The monoisotopic (exact) mass is 210 g/mol. The molecule has 0 spiro atoms. The molecule has 0 aromatic rings. The first-order valence-electron chi connectivity index (χ1n) is 5.05. The van der Waals surface area contributed by atoms with E-state index in [0.29, 0.717) is 5.25 Å². The minimum atomic E-state index is -0.473. The predicted molar refractivity (Wildman–Crippen MR) is 62.0 cm³/mol. The minimum Gasteiger partial charge on any atom is -0.297 e. The van der Waals surface area contributed by atoms with Crippen molar-refractivity contribution >= 4 is 11.8 Å². The molecule has 0 bridgehead atoms. The summed E-state index contributed by atoms with van der Waals surface area (Å²) in [6.07, 6.45) is 2.43. The van der Waals surface area contributed by atoms with Crippen molar-refractivity contribution in [3.8, 4) is 6.07 Å². The maximum Gasteiger partial charge on any atom is 0.310 e. The molecule has 3 unspecified atom stereocenters. The zero-order valence-corrected chi connectivity index (χ0v) is 9.97. The van der Waals surface area contributed by atoms with E-state index < -0.39 is 6.04 Å². The third-order valence-electron chi connectivity index (χ3n) is 2.39. The van der Waals surface area contributed by atoms with Gasteiger partial charge in [0.15, 0.2) is 6.07 Å². The summed E-state index contributed by atoms with van der Waals surface area (Å²) in [7, 11) is 0. The van der Waals surface area contributed by atoms with Gasteiger partial charge in [0.05, 0.1) is 5.92 Å². The summed E-state index contributed by atoms with van der Waals surface area (Å²) in [5, 5.41) is 9.15. The molecule has 0 aliphatic rings. The van der Waals surface area contributed by atoms with Crippen LogP contribution in [0.2, 0.25) is 0 Å². The van der Waals surface area contributed by atoms with Gasteiger partial charge in [0, 0.05) is 5.25 Å². The molecular formula is C11H18N2S. The zero-order chi connectivity index (χ0) is 11.0. The van der Waals surface area contributed by atoms with Gasteiger partial charge >= 0.3 is 6.04 Å². The van der Waals surface area contributed by atoms with Crippen LogP contribution in [0.1, 0.15) is 33.6 Å². The second-order valence-corrected chi connectivity index (χ2v) is 4.98. The van der Waals surface area contributed by atoms with Gasteiger partial charge in [-0.2, -0.15) is 17.0 Å². The summed E-state index contributed by atoms with van der Waals surface area (Å²) >= 11 is 1.87. The highest BCUT2D eigenvalue weighted by molar-refractivity contribution is 7.99. The van der Waals surface area contributed by atoms with Crippen molar-refractivity contribution in [2.24, 2.45) is 5.92 Å². The highest BCUT2D eigenvalue weighted by Crippen LogP contribution is 2.24. The fourth-order valence-corrected chi connectivity index (χ4v) is 2.37. The molecule has 0 heterocycles. The fourth-order valence-electron chi connectivity index (χ4n) is 1.09. The summed E-state index contributed by atoms with van der Waals surface area (Å²) in [5.74, 6) is 1.30. The zero-order valence-electron chi connectivity index (χ0n) is 9.16. The van der Waals surface area contributed by atoms with E-state index in [2.05, 4.69) is 24.8 Å². The fraction of sp³-hybridized carbons (Fsp3) is 0.818. The van der Waals surface area contributed by atoms with E-state index in [0.717, 1.165) is 5.75 Å². The average Bonchev–Trinajstić information content (AvgIpc) is 2.19. The lowest BCUT2D eigenvalue weighted by Gasteiger charge is -2.16. The molecule has 0 aliphatic carbocycles. The van der Waals surface area contributed by atoms with Crippen LogP contribution < -0.4 is 0 Å². The standard InChI is InChI=1S/C11H18N2S/c1-5-6-7-14-10(3)9(2)11(8-12)13-4/h9-11H,5-7H2,1-3H3. The van der Waals surface area contributed by atoms with Crippen molar-refractivity contribution in [1.29, 1.82) is 5.26 Å². The van der Waals surface area contributed by atoms with Gasteiger partial charge in [-0.1, -0.05) is 27.2 Å². The van der Waals surface area contributed by atoms with Crippen LogP contribution in [-0.4, -0.2) is 17.0 Å². The molecule has 0 rings (SSSR count). The first-order valence-corrected chi connectivity index (χ1v) is 6.10. The Labute approximate surface area is 91.5 Å². The molecule has 3 atom stereocenters. The molecule has 0 fully saturated rings. The second kappa shape index (κ2) is 7.71. The van der Waals surface area contributed by atoms with Crippen LogP contribution in [0.25, 0.3) is 4.85 Å². The second-order valence-electron chi connectivity index (χ2n) is 3.49. The number of rotatable bonds is 6. The molecule has 0 saturated carbocycles. The van der Waals surface area contributed by atoms with Gasteiger partial charge in [-0.05, 0) is 12.2 Å². The summed E-state index contributed by atoms with van der Waals surface area (Å²) in [6, 6.07) is 1.58. The summed E-state index contributed by atoms with van der Waals surface area (Å²) < 4.78 is 0. The predicted octanol–water partition coefficient (Wildman–Crippen LogP) is 3.36. The first-order chi connectivity index (χ1) is 6.67. The largest absolute Gasteiger partial charge is 0.310 e. The van der Waals surface area contributed by atoms with Gasteiger partial charge in [0.1, 0.15) is 0 Å². The van der Waals surface area contributed by atoms with E-state index in [1.807, 2.05) is 18.7 Å². The number of hydrogen-bond donors (Lipinski definition) is 0. The number of nitriles is 1. The Morgan fingerprint density at radius 2 is 2.14 bits per heavy atom. The third-order valence-corrected chi connectivity index (χ3v) is 3.87. The van der Waals surface area contributed by atoms with Gasteiger partial charge < -0.3 is 0 Å². The van der Waals surface area contributed by atoms with E-state index in [-0.39, 0.29) is 5.92 Å². The number of hydrogen-bond acceptors (Lipinski definition) is 2. The van der Waals surface area contributed by atoms with E-state index >= 15 is 0 Å². The van der Waals surface area contributed by atoms with E-state index in [1.165, 1.54) is 12.8 Å².